The van der Waals surface area contributed by atoms with Gasteiger partial charge in [-0.1, -0.05) is 0 Å². The van der Waals surface area contributed by atoms with Crippen molar-refractivity contribution < 1.29 is 0 Å². The fourth-order valence-corrected chi connectivity index (χ4v) is 1.76. The zero-order chi connectivity index (χ0) is 12.3. The smallest absolute Gasteiger partial charge is 0.128 e. The standard InChI is InChI=1S/C12H15ClN4/c1-16-6-5-15-12(16)9-17(2)11-7-10(8-13)3-4-14-11/h3-7H,8-9H2,1-2H3. The molecule has 0 aliphatic heterocycles. The maximum absolute atomic E-state index is 5.81. The quantitative estimate of drug-likeness (QED) is 0.780. The molecule has 2 aromatic heterocycles. The predicted molar refractivity (Wildman–Crippen MR) is 69.1 cm³/mol. The first-order chi connectivity index (χ1) is 8.20. The number of rotatable bonds is 4. The van der Waals surface area contributed by atoms with Gasteiger partial charge in [0.05, 0.1) is 6.54 Å². The van der Waals surface area contributed by atoms with Crippen LogP contribution in [0.15, 0.2) is 30.7 Å². The Bertz CT molecular complexity index is 495. The van der Waals surface area contributed by atoms with Crippen molar-refractivity contribution in [1.82, 2.24) is 14.5 Å². The van der Waals surface area contributed by atoms with Crippen molar-refractivity contribution in [3.05, 3.63) is 42.1 Å². The molecule has 4 nitrogen and oxygen atoms in total. The molecule has 0 bridgehead atoms. The summed E-state index contributed by atoms with van der Waals surface area (Å²) in [5.41, 5.74) is 1.07. The Labute approximate surface area is 106 Å². The molecule has 0 spiro atoms. The van der Waals surface area contributed by atoms with Crippen LogP contribution in [0, 0.1) is 0 Å². The average molecular weight is 251 g/mol. The van der Waals surface area contributed by atoms with Gasteiger partial charge in [0, 0.05) is 38.6 Å². The van der Waals surface area contributed by atoms with Gasteiger partial charge in [0.2, 0.25) is 0 Å². The van der Waals surface area contributed by atoms with Crippen molar-refractivity contribution in [2.24, 2.45) is 7.05 Å². The Kier molecular flexibility index (Phi) is 3.64. The highest BCUT2D eigenvalue weighted by molar-refractivity contribution is 6.17. The highest BCUT2D eigenvalue weighted by Gasteiger charge is 2.07. The lowest BCUT2D eigenvalue weighted by atomic mass is 10.3. The van der Waals surface area contributed by atoms with E-state index in [0.717, 1.165) is 23.8 Å². The molecule has 0 aliphatic rings. The third-order valence-electron chi connectivity index (χ3n) is 2.65. The van der Waals surface area contributed by atoms with Crippen LogP contribution in [0.2, 0.25) is 0 Å². The number of aromatic nitrogens is 3. The van der Waals surface area contributed by atoms with Gasteiger partial charge in [0.25, 0.3) is 0 Å². The summed E-state index contributed by atoms with van der Waals surface area (Å²) < 4.78 is 2.00. The second-order valence-electron chi connectivity index (χ2n) is 3.97. The van der Waals surface area contributed by atoms with Crippen molar-refractivity contribution in [2.75, 3.05) is 11.9 Å². The molecule has 17 heavy (non-hydrogen) atoms. The van der Waals surface area contributed by atoms with Crippen molar-refractivity contribution in [2.45, 2.75) is 12.4 Å². The molecule has 2 rings (SSSR count). The van der Waals surface area contributed by atoms with E-state index in [4.69, 9.17) is 11.6 Å². The summed E-state index contributed by atoms with van der Waals surface area (Å²) in [7, 11) is 3.98. The fraction of sp³-hybridized carbons (Fsp3) is 0.333. The molecule has 2 heterocycles. The summed E-state index contributed by atoms with van der Waals surface area (Å²) in [6.07, 6.45) is 5.51. The maximum atomic E-state index is 5.81. The first kappa shape index (κ1) is 11.9. The van der Waals surface area contributed by atoms with Gasteiger partial charge in [-0.25, -0.2) is 9.97 Å². The number of pyridine rings is 1. The number of anilines is 1. The topological polar surface area (TPSA) is 34.0 Å². The van der Waals surface area contributed by atoms with Gasteiger partial charge in [-0.15, -0.1) is 11.6 Å². The molecule has 5 heteroatoms. The summed E-state index contributed by atoms with van der Waals surface area (Å²) in [6, 6.07) is 3.92. The Morgan fingerprint density at radius 2 is 2.18 bits per heavy atom. The van der Waals surface area contributed by atoms with Gasteiger partial charge in [-0.2, -0.15) is 0 Å². The van der Waals surface area contributed by atoms with Crippen LogP contribution >= 0.6 is 11.6 Å². The molecule has 0 aliphatic carbocycles. The number of nitrogens with zero attached hydrogens (tertiary/aromatic N) is 4. The lowest BCUT2D eigenvalue weighted by molar-refractivity contribution is 0.755. The lowest BCUT2D eigenvalue weighted by Gasteiger charge is -2.18. The molecule has 0 unspecified atom stereocenters. The van der Waals surface area contributed by atoms with E-state index < -0.39 is 0 Å². The van der Waals surface area contributed by atoms with Gasteiger partial charge in [-0.05, 0) is 17.7 Å². The molecule has 0 amide bonds. The first-order valence-electron chi connectivity index (χ1n) is 5.39. The van der Waals surface area contributed by atoms with E-state index in [9.17, 15) is 0 Å². The zero-order valence-electron chi connectivity index (χ0n) is 9.97. The first-order valence-corrected chi connectivity index (χ1v) is 5.92. The van der Waals surface area contributed by atoms with Crippen LogP contribution < -0.4 is 4.90 Å². The minimum absolute atomic E-state index is 0.506. The van der Waals surface area contributed by atoms with Gasteiger partial charge >= 0.3 is 0 Å². The van der Waals surface area contributed by atoms with E-state index in [-0.39, 0.29) is 0 Å². The van der Waals surface area contributed by atoms with Crippen LogP contribution in [-0.2, 0) is 19.5 Å². The van der Waals surface area contributed by atoms with Gasteiger partial charge in [0.15, 0.2) is 0 Å². The monoisotopic (exact) mass is 250 g/mol. The van der Waals surface area contributed by atoms with Crippen LogP contribution in [0.3, 0.4) is 0 Å². The normalized spacial score (nSPS) is 10.5. The molecule has 90 valence electrons. The van der Waals surface area contributed by atoms with Crippen molar-refractivity contribution in [1.29, 1.82) is 0 Å². The van der Waals surface area contributed by atoms with Crippen LogP contribution in [0.25, 0.3) is 0 Å². The Morgan fingerprint density at radius 1 is 1.35 bits per heavy atom. The molecule has 0 N–H and O–H groups in total. The molecule has 0 radical (unpaired) electrons. The number of imidazole rings is 1. The molecule has 0 atom stereocenters. The minimum atomic E-state index is 0.506. The van der Waals surface area contributed by atoms with E-state index in [1.165, 1.54) is 0 Å². The number of halogens is 1. The van der Waals surface area contributed by atoms with E-state index >= 15 is 0 Å². The van der Waals surface area contributed by atoms with Crippen LogP contribution in [0.1, 0.15) is 11.4 Å². The predicted octanol–water partition coefficient (Wildman–Crippen LogP) is 2.19. The molecule has 0 saturated heterocycles. The summed E-state index contributed by atoms with van der Waals surface area (Å²) in [5, 5.41) is 0. The van der Waals surface area contributed by atoms with Gasteiger partial charge in [0.1, 0.15) is 11.6 Å². The zero-order valence-corrected chi connectivity index (χ0v) is 10.7. The molecule has 0 saturated carbocycles. The molecular weight excluding hydrogens is 236 g/mol. The highest BCUT2D eigenvalue weighted by Crippen LogP contribution is 2.14. The number of hydrogen-bond acceptors (Lipinski definition) is 3. The Hall–Kier alpha value is -1.55. The SMILES string of the molecule is CN(Cc1nccn1C)c1cc(CCl)ccn1. The molecule has 2 aromatic rings. The lowest BCUT2D eigenvalue weighted by Crippen LogP contribution is -2.20. The van der Waals surface area contributed by atoms with Gasteiger partial charge < -0.3 is 9.47 Å². The van der Waals surface area contributed by atoms with Crippen LogP contribution in [-0.4, -0.2) is 21.6 Å². The van der Waals surface area contributed by atoms with Crippen molar-refractivity contribution in [3.63, 3.8) is 0 Å². The van der Waals surface area contributed by atoms with Crippen LogP contribution in [0.4, 0.5) is 5.82 Å². The van der Waals surface area contributed by atoms with E-state index in [1.54, 1.807) is 12.4 Å². The van der Waals surface area contributed by atoms with E-state index in [2.05, 4.69) is 14.9 Å². The summed E-state index contributed by atoms with van der Waals surface area (Å²) in [6.45, 7) is 0.724. The second-order valence-corrected chi connectivity index (χ2v) is 4.23. The Balaban J connectivity index is 2.14. The Morgan fingerprint density at radius 3 is 2.82 bits per heavy atom. The summed E-state index contributed by atoms with van der Waals surface area (Å²) in [5.74, 6) is 2.42. The third-order valence-corrected chi connectivity index (χ3v) is 2.96. The fourth-order valence-electron chi connectivity index (χ4n) is 1.59. The van der Waals surface area contributed by atoms with Crippen molar-refractivity contribution >= 4 is 17.4 Å². The highest BCUT2D eigenvalue weighted by atomic mass is 35.5. The van der Waals surface area contributed by atoms with Crippen molar-refractivity contribution in [3.8, 4) is 0 Å². The van der Waals surface area contributed by atoms with E-state index in [0.29, 0.717) is 5.88 Å². The third kappa shape index (κ3) is 2.77. The number of hydrogen-bond donors (Lipinski definition) is 0. The minimum Gasteiger partial charge on any atom is -0.352 e. The maximum Gasteiger partial charge on any atom is 0.128 e. The van der Waals surface area contributed by atoms with E-state index in [1.807, 2.05) is 37.0 Å². The molecule has 0 fully saturated rings. The van der Waals surface area contributed by atoms with Crippen LogP contribution in [0.5, 0.6) is 0 Å². The average Bonchev–Trinajstić information content (AvgIpc) is 2.75. The molecule has 0 aromatic carbocycles. The number of aryl methyl sites for hydroxylation is 1. The number of alkyl halides is 1. The summed E-state index contributed by atoms with van der Waals surface area (Å²) >= 11 is 5.81. The molecular formula is C12H15ClN4. The largest absolute Gasteiger partial charge is 0.352 e. The second kappa shape index (κ2) is 5.19. The van der Waals surface area contributed by atoms with Gasteiger partial charge in [-0.3, -0.25) is 0 Å². The summed E-state index contributed by atoms with van der Waals surface area (Å²) in [4.78, 5) is 10.7.